The van der Waals surface area contributed by atoms with Gasteiger partial charge in [0.2, 0.25) is 23.5 Å². The Balaban J connectivity index is 1.22. The molecule has 5 atom stereocenters. The van der Waals surface area contributed by atoms with Crippen molar-refractivity contribution in [2.24, 2.45) is 39.2 Å². The molecular formula is C38H60N6O7. The van der Waals surface area contributed by atoms with Crippen molar-refractivity contribution in [3.8, 4) is 0 Å². The number of rotatable bonds is 11. The van der Waals surface area contributed by atoms with Gasteiger partial charge in [0, 0.05) is 25.0 Å². The first-order chi connectivity index (χ1) is 23.8. The van der Waals surface area contributed by atoms with E-state index in [0.717, 1.165) is 51.4 Å². The topological polar surface area (TPSA) is 180 Å². The van der Waals surface area contributed by atoms with E-state index in [9.17, 15) is 28.8 Å². The number of Topliss-reactive ketones (excluding diaryl/α,β-unsaturated/α-hetero) is 1. The van der Waals surface area contributed by atoms with E-state index in [2.05, 4.69) is 29.8 Å². The van der Waals surface area contributed by atoms with E-state index in [1.54, 1.807) is 9.80 Å². The van der Waals surface area contributed by atoms with E-state index in [-0.39, 0.29) is 45.5 Å². The van der Waals surface area contributed by atoms with Crippen LogP contribution in [-0.2, 0) is 28.7 Å². The second kappa shape index (κ2) is 13.0. The van der Waals surface area contributed by atoms with E-state index in [4.69, 9.17) is 10.5 Å². The van der Waals surface area contributed by atoms with E-state index >= 15 is 0 Å². The maximum absolute atomic E-state index is 14.8. The zero-order valence-electron chi connectivity index (χ0n) is 31.7. The molecule has 1 unspecified atom stereocenters. The summed E-state index contributed by atoms with van der Waals surface area (Å²) in [6.07, 6.45) is 8.64. The fraction of sp³-hybridized carbons (Fsp3) is 0.842. The highest BCUT2D eigenvalue weighted by Crippen LogP contribution is 2.88. The largest absolute Gasteiger partial charge is 0.371 e. The molecule has 51 heavy (non-hydrogen) atoms. The number of ketones is 1. The molecule has 6 fully saturated rings. The van der Waals surface area contributed by atoms with Crippen LogP contribution in [0, 0.1) is 33.5 Å². The van der Waals surface area contributed by atoms with Crippen molar-refractivity contribution in [3.63, 3.8) is 0 Å². The Morgan fingerprint density at radius 1 is 0.882 bits per heavy atom. The van der Waals surface area contributed by atoms with Crippen molar-refractivity contribution < 1.29 is 33.5 Å². The van der Waals surface area contributed by atoms with Gasteiger partial charge in [-0.2, -0.15) is 0 Å². The summed E-state index contributed by atoms with van der Waals surface area (Å²) in [6.45, 7) is 15.6. The van der Waals surface area contributed by atoms with Gasteiger partial charge in [-0.05, 0) is 66.6 Å². The number of amides is 6. The lowest BCUT2D eigenvalue weighted by atomic mass is 9.73. The lowest BCUT2D eigenvalue weighted by Gasteiger charge is -2.38. The molecule has 4 aliphatic carbocycles. The number of nitrogens with zero attached hydrogens (tertiary/aromatic N) is 2. The van der Waals surface area contributed by atoms with Gasteiger partial charge in [-0.1, -0.05) is 74.1 Å². The second-order valence-electron chi connectivity index (χ2n) is 18.6. The molecule has 13 nitrogen and oxygen atoms in total. The third-order valence-corrected chi connectivity index (χ3v) is 14.0. The number of morpholine rings is 1. The summed E-state index contributed by atoms with van der Waals surface area (Å²) in [4.78, 5) is 84.8. The van der Waals surface area contributed by atoms with E-state index in [1.165, 1.54) is 0 Å². The fourth-order valence-electron chi connectivity index (χ4n) is 10.1. The Bertz CT molecular complexity index is 1460. The van der Waals surface area contributed by atoms with Gasteiger partial charge in [-0.3, -0.25) is 24.0 Å². The number of fused-ring (bicyclic) bond motifs is 1. The average molecular weight is 713 g/mol. The molecule has 0 bridgehead atoms. The Kier molecular flexibility index (Phi) is 9.58. The van der Waals surface area contributed by atoms with Crippen molar-refractivity contribution in [3.05, 3.63) is 0 Å². The van der Waals surface area contributed by atoms with Crippen molar-refractivity contribution in [1.29, 1.82) is 0 Å². The number of hydrogen-bond acceptors (Lipinski definition) is 7. The maximum Gasteiger partial charge on any atom is 0.316 e. The summed E-state index contributed by atoms with van der Waals surface area (Å²) in [5.74, 6) is -2.93. The molecule has 0 aromatic rings. The number of nitrogens with one attached hydrogen (secondary N) is 3. The first-order valence-electron chi connectivity index (χ1n) is 19.2. The molecular weight excluding hydrogens is 652 g/mol. The van der Waals surface area contributed by atoms with Gasteiger partial charge in [-0.15, -0.1) is 0 Å². The van der Waals surface area contributed by atoms with Crippen LogP contribution in [0.1, 0.15) is 113 Å². The summed E-state index contributed by atoms with van der Waals surface area (Å²) in [7, 11) is 0. The van der Waals surface area contributed by atoms with Gasteiger partial charge >= 0.3 is 6.03 Å². The zero-order chi connectivity index (χ0) is 37.3. The molecule has 4 saturated carbocycles. The van der Waals surface area contributed by atoms with Gasteiger partial charge < -0.3 is 36.2 Å². The lowest BCUT2D eigenvalue weighted by Crippen LogP contribution is -2.62. The first-order valence-corrected chi connectivity index (χ1v) is 19.2. The van der Waals surface area contributed by atoms with Gasteiger partial charge in [0.25, 0.3) is 5.91 Å². The van der Waals surface area contributed by atoms with Crippen LogP contribution in [-0.4, -0.2) is 101 Å². The van der Waals surface area contributed by atoms with Crippen LogP contribution in [0.25, 0.3) is 0 Å². The van der Waals surface area contributed by atoms with E-state index in [1.807, 2.05) is 34.6 Å². The fourth-order valence-corrected chi connectivity index (χ4v) is 10.1. The van der Waals surface area contributed by atoms with Gasteiger partial charge in [0.1, 0.15) is 18.1 Å². The van der Waals surface area contributed by atoms with Crippen LogP contribution in [0.2, 0.25) is 0 Å². The SMILES string of the molecule is CC(C)[C@H](NC(=O)N[C@H](C(=O)N1C[C@]2(C[C@H]1C(=O)NC(CC1CCC1)C(=O)C(N)=O)C(C)(C)C21CCC1)C(C)(C)C)C(=O)N1CCOC2(CC2)C1. The van der Waals surface area contributed by atoms with Crippen LogP contribution < -0.4 is 21.7 Å². The van der Waals surface area contributed by atoms with E-state index < -0.39 is 53.2 Å². The number of urea groups is 1. The highest BCUT2D eigenvalue weighted by Gasteiger charge is 2.85. The highest BCUT2D eigenvalue weighted by atomic mass is 16.5. The minimum Gasteiger partial charge on any atom is -0.371 e. The van der Waals surface area contributed by atoms with Crippen LogP contribution in [0.3, 0.4) is 0 Å². The number of nitrogens with two attached hydrogens (primary N) is 1. The predicted molar refractivity (Wildman–Crippen MR) is 189 cm³/mol. The normalized spacial score (nSPS) is 28.7. The summed E-state index contributed by atoms with van der Waals surface area (Å²) in [5.41, 5.74) is 4.03. The lowest BCUT2D eigenvalue weighted by molar-refractivity contribution is -0.143. The molecule has 284 valence electrons. The van der Waals surface area contributed by atoms with Crippen LogP contribution in [0.15, 0.2) is 0 Å². The zero-order valence-corrected chi connectivity index (χ0v) is 31.7. The molecule has 0 radical (unpaired) electrons. The van der Waals surface area contributed by atoms with Crippen molar-refractivity contribution >= 4 is 35.4 Å². The standard InChI is InChI=1S/C38H60N6O7/c1-22(2)26(31(48)43-16-17-51-36(20-43)14-15-36)41-33(50)42-28(34(3,4)5)32(49)44-21-38(35(6,7)37(38)12-9-13-37)19-25(44)30(47)40-24(27(45)29(39)46)18-23-10-8-11-23/h22-26,28H,8-21H2,1-7H3,(H2,39,46)(H,40,47)(H2,41,42,50)/t24?,25-,26-,28+,38+/m0/s1. The molecule has 6 aliphatic rings. The summed E-state index contributed by atoms with van der Waals surface area (Å²) in [6, 6.07) is -4.40. The molecule has 6 amide bonds. The van der Waals surface area contributed by atoms with Crippen LogP contribution >= 0.6 is 0 Å². The number of hydrogen-bond donors (Lipinski definition) is 4. The third-order valence-electron chi connectivity index (χ3n) is 14.0. The Morgan fingerprint density at radius 3 is 2.04 bits per heavy atom. The molecule has 6 rings (SSSR count). The molecule has 0 aromatic carbocycles. The molecule has 13 heteroatoms. The second-order valence-corrected chi connectivity index (χ2v) is 18.6. The molecule has 0 aromatic heterocycles. The minimum absolute atomic E-state index is 0.0212. The number of ether oxygens (including phenoxy) is 1. The molecule has 2 aliphatic heterocycles. The van der Waals surface area contributed by atoms with Crippen molar-refractivity contribution in [2.75, 3.05) is 26.2 Å². The summed E-state index contributed by atoms with van der Waals surface area (Å²) in [5, 5.41) is 8.65. The molecule has 5 N–H and O–H groups in total. The van der Waals surface area contributed by atoms with Crippen LogP contribution in [0.4, 0.5) is 4.79 Å². The number of carbonyl (C=O) groups excluding carboxylic acids is 6. The van der Waals surface area contributed by atoms with Gasteiger partial charge in [-0.25, -0.2) is 4.79 Å². The average Bonchev–Trinajstić information content (AvgIpc) is 3.76. The smallest absolute Gasteiger partial charge is 0.316 e. The molecule has 2 heterocycles. The highest BCUT2D eigenvalue weighted by molar-refractivity contribution is 6.37. The molecule has 2 saturated heterocycles. The number of likely N-dealkylation sites (tertiary alicyclic amines) is 1. The van der Waals surface area contributed by atoms with E-state index in [0.29, 0.717) is 39.1 Å². The van der Waals surface area contributed by atoms with Gasteiger partial charge in [0.05, 0.1) is 18.2 Å². The number of carbonyl (C=O) groups is 6. The first kappa shape index (κ1) is 37.5. The minimum atomic E-state index is -1.09. The molecule has 3 spiro atoms. The van der Waals surface area contributed by atoms with Gasteiger partial charge in [0.15, 0.2) is 0 Å². The maximum atomic E-state index is 14.8. The van der Waals surface area contributed by atoms with Crippen molar-refractivity contribution in [2.45, 2.75) is 142 Å². The predicted octanol–water partition coefficient (Wildman–Crippen LogP) is 2.64. The summed E-state index contributed by atoms with van der Waals surface area (Å²) >= 11 is 0. The summed E-state index contributed by atoms with van der Waals surface area (Å²) < 4.78 is 5.89. The Hall–Kier alpha value is -3.22. The quantitative estimate of drug-likeness (QED) is 0.238. The van der Waals surface area contributed by atoms with Crippen molar-refractivity contribution in [1.82, 2.24) is 25.8 Å². The van der Waals surface area contributed by atoms with Crippen LogP contribution in [0.5, 0.6) is 0 Å². The monoisotopic (exact) mass is 712 g/mol. The number of primary amides is 1. The Labute approximate surface area is 302 Å². The Morgan fingerprint density at radius 2 is 1.55 bits per heavy atom. The third kappa shape index (κ3) is 6.43.